The Kier molecular flexibility index (Phi) is 2.87. The number of aromatic nitrogens is 3. The monoisotopic (exact) mass is 279 g/mol. The zero-order valence-electron chi connectivity index (χ0n) is 8.94. The summed E-state index contributed by atoms with van der Waals surface area (Å²) in [5, 5.41) is 7.43. The first-order chi connectivity index (χ1) is 7.59. The molecule has 0 radical (unpaired) electrons. The highest BCUT2D eigenvalue weighted by molar-refractivity contribution is 9.10. The number of rotatable bonds is 2. The second-order valence-corrected chi connectivity index (χ2v) is 4.39. The van der Waals surface area contributed by atoms with Crippen molar-refractivity contribution in [3.63, 3.8) is 0 Å². The van der Waals surface area contributed by atoms with E-state index in [0.29, 0.717) is 11.3 Å². The first-order valence-electron chi connectivity index (χ1n) is 4.75. The van der Waals surface area contributed by atoms with Gasteiger partial charge in [0.15, 0.2) is 0 Å². The third-order valence-corrected chi connectivity index (χ3v) is 3.24. The molecule has 0 aliphatic carbocycles. The SMILES string of the molecule is Cc1ccc(C(=O)c2cnnn2C)cc1Br. The number of hydrogen-bond donors (Lipinski definition) is 0. The zero-order valence-corrected chi connectivity index (χ0v) is 10.5. The Morgan fingerprint density at radius 2 is 2.19 bits per heavy atom. The minimum atomic E-state index is -0.0757. The minimum absolute atomic E-state index is 0.0757. The second kappa shape index (κ2) is 4.17. The highest BCUT2D eigenvalue weighted by atomic mass is 79.9. The normalized spacial score (nSPS) is 10.4. The Bertz CT molecular complexity index is 548. The van der Waals surface area contributed by atoms with Gasteiger partial charge in [0, 0.05) is 17.1 Å². The largest absolute Gasteiger partial charge is 0.287 e. The maximum absolute atomic E-state index is 12.1. The summed E-state index contributed by atoms with van der Waals surface area (Å²) in [5.41, 5.74) is 2.21. The average molecular weight is 280 g/mol. The topological polar surface area (TPSA) is 47.8 Å². The number of carbonyl (C=O) groups is 1. The Labute approximate surface area is 101 Å². The van der Waals surface area contributed by atoms with Crippen LogP contribution in [-0.2, 0) is 7.05 Å². The highest BCUT2D eigenvalue weighted by Crippen LogP contribution is 2.19. The van der Waals surface area contributed by atoms with Crippen LogP contribution in [0.5, 0.6) is 0 Å². The minimum Gasteiger partial charge on any atom is -0.287 e. The lowest BCUT2D eigenvalue weighted by Crippen LogP contribution is -2.08. The molecule has 0 amide bonds. The van der Waals surface area contributed by atoms with Crippen molar-refractivity contribution in [2.75, 3.05) is 0 Å². The third-order valence-electron chi connectivity index (χ3n) is 2.38. The lowest BCUT2D eigenvalue weighted by atomic mass is 10.1. The van der Waals surface area contributed by atoms with E-state index in [4.69, 9.17) is 0 Å². The van der Waals surface area contributed by atoms with Crippen molar-refractivity contribution in [2.45, 2.75) is 6.92 Å². The Morgan fingerprint density at radius 3 is 2.75 bits per heavy atom. The van der Waals surface area contributed by atoms with Gasteiger partial charge in [0.1, 0.15) is 5.69 Å². The van der Waals surface area contributed by atoms with Gasteiger partial charge in [-0.1, -0.05) is 33.3 Å². The molecule has 0 spiro atoms. The van der Waals surface area contributed by atoms with Crippen LogP contribution in [-0.4, -0.2) is 20.8 Å². The predicted molar refractivity (Wildman–Crippen MR) is 63.3 cm³/mol. The second-order valence-electron chi connectivity index (χ2n) is 3.54. The molecule has 1 heterocycles. The molecule has 0 N–H and O–H groups in total. The molecule has 82 valence electrons. The maximum Gasteiger partial charge on any atom is 0.212 e. The molecular formula is C11H10BrN3O. The van der Waals surface area contributed by atoms with E-state index in [9.17, 15) is 4.79 Å². The standard InChI is InChI=1S/C11H10BrN3O/c1-7-3-4-8(5-9(7)12)11(16)10-6-13-14-15(10)2/h3-6H,1-2H3. The number of carbonyl (C=O) groups excluding carboxylic acids is 1. The van der Waals surface area contributed by atoms with Crippen LogP contribution in [0.15, 0.2) is 28.9 Å². The van der Waals surface area contributed by atoms with Crippen LogP contribution in [0.25, 0.3) is 0 Å². The van der Waals surface area contributed by atoms with E-state index in [1.54, 1.807) is 13.1 Å². The van der Waals surface area contributed by atoms with Crippen molar-refractivity contribution in [1.29, 1.82) is 0 Å². The third kappa shape index (κ3) is 1.90. The van der Waals surface area contributed by atoms with Crippen LogP contribution < -0.4 is 0 Å². The van der Waals surface area contributed by atoms with Gasteiger partial charge in [-0.15, -0.1) is 5.10 Å². The first-order valence-corrected chi connectivity index (χ1v) is 5.54. The van der Waals surface area contributed by atoms with Crippen LogP contribution in [0.1, 0.15) is 21.6 Å². The summed E-state index contributed by atoms with van der Waals surface area (Å²) in [6.07, 6.45) is 1.47. The molecule has 0 aliphatic rings. The first kappa shape index (κ1) is 11.0. The number of ketones is 1. The van der Waals surface area contributed by atoms with Gasteiger partial charge in [0.05, 0.1) is 6.20 Å². The van der Waals surface area contributed by atoms with E-state index in [2.05, 4.69) is 26.2 Å². The smallest absolute Gasteiger partial charge is 0.212 e. The van der Waals surface area contributed by atoms with Crippen molar-refractivity contribution >= 4 is 21.7 Å². The molecule has 0 atom stereocenters. The van der Waals surface area contributed by atoms with Gasteiger partial charge in [-0.05, 0) is 18.6 Å². The molecule has 1 aromatic heterocycles. The Morgan fingerprint density at radius 1 is 1.44 bits per heavy atom. The molecule has 0 bridgehead atoms. The number of benzene rings is 1. The van der Waals surface area contributed by atoms with Crippen molar-refractivity contribution in [2.24, 2.45) is 7.05 Å². The van der Waals surface area contributed by atoms with Crippen molar-refractivity contribution in [1.82, 2.24) is 15.0 Å². The summed E-state index contributed by atoms with van der Waals surface area (Å²) in [7, 11) is 1.70. The summed E-state index contributed by atoms with van der Waals surface area (Å²) in [4.78, 5) is 12.1. The van der Waals surface area contributed by atoms with Gasteiger partial charge >= 0.3 is 0 Å². The van der Waals surface area contributed by atoms with Crippen LogP contribution in [0.2, 0.25) is 0 Å². The fourth-order valence-electron chi connectivity index (χ4n) is 1.38. The van der Waals surface area contributed by atoms with E-state index in [-0.39, 0.29) is 5.78 Å². The van der Waals surface area contributed by atoms with Crippen molar-refractivity contribution in [3.8, 4) is 0 Å². The molecular weight excluding hydrogens is 270 g/mol. The summed E-state index contributed by atoms with van der Waals surface area (Å²) in [6.45, 7) is 1.98. The van der Waals surface area contributed by atoms with E-state index in [1.807, 2.05) is 19.1 Å². The average Bonchev–Trinajstić information content (AvgIpc) is 2.67. The predicted octanol–water partition coefficient (Wildman–Crippen LogP) is 2.12. The molecule has 16 heavy (non-hydrogen) atoms. The van der Waals surface area contributed by atoms with Crippen molar-refractivity contribution in [3.05, 3.63) is 45.7 Å². The Hall–Kier alpha value is -1.49. The highest BCUT2D eigenvalue weighted by Gasteiger charge is 2.14. The van der Waals surface area contributed by atoms with Crippen LogP contribution in [0, 0.1) is 6.92 Å². The fourth-order valence-corrected chi connectivity index (χ4v) is 1.76. The number of halogens is 1. The maximum atomic E-state index is 12.1. The molecule has 1 aromatic carbocycles. The summed E-state index contributed by atoms with van der Waals surface area (Å²) in [6, 6.07) is 5.52. The van der Waals surface area contributed by atoms with Gasteiger partial charge in [-0.3, -0.25) is 4.79 Å². The molecule has 0 aliphatic heterocycles. The lowest BCUT2D eigenvalue weighted by molar-refractivity contribution is 0.103. The van der Waals surface area contributed by atoms with Gasteiger partial charge < -0.3 is 0 Å². The van der Waals surface area contributed by atoms with Gasteiger partial charge in [0.25, 0.3) is 0 Å². The molecule has 0 saturated heterocycles. The van der Waals surface area contributed by atoms with Crippen LogP contribution in [0.4, 0.5) is 0 Å². The molecule has 2 rings (SSSR count). The van der Waals surface area contributed by atoms with E-state index in [1.165, 1.54) is 10.9 Å². The summed E-state index contributed by atoms with van der Waals surface area (Å²) >= 11 is 3.41. The van der Waals surface area contributed by atoms with E-state index < -0.39 is 0 Å². The molecule has 4 nitrogen and oxygen atoms in total. The number of hydrogen-bond acceptors (Lipinski definition) is 3. The van der Waals surface area contributed by atoms with Gasteiger partial charge in [-0.25, -0.2) is 4.68 Å². The van der Waals surface area contributed by atoms with Crippen LogP contribution >= 0.6 is 15.9 Å². The number of nitrogens with zero attached hydrogens (tertiary/aromatic N) is 3. The molecule has 2 aromatic rings. The zero-order chi connectivity index (χ0) is 11.7. The van der Waals surface area contributed by atoms with Gasteiger partial charge in [0.2, 0.25) is 5.78 Å². The van der Waals surface area contributed by atoms with Crippen LogP contribution in [0.3, 0.4) is 0 Å². The molecule has 0 saturated carbocycles. The van der Waals surface area contributed by atoms with E-state index >= 15 is 0 Å². The molecule has 0 unspecified atom stereocenters. The Balaban J connectivity index is 2.42. The van der Waals surface area contributed by atoms with Crippen molar-refractivity contribution < 1.29 is 4.79 Å². The lowest BCUT2D eigenvalue weighted by Gasteiger charge is -2.03. The summed E-state index contributed by atoms with van der Waals surface area (Å²) < 4.78 is 2.39. The summed E-state index contributed by atoms with van der Waals surface area (Å²) in [5.74, 6) is -0.0757. The van der Waals surface area contributed by atoms with Gasteiger partial charge in [-0.2, -0.15) is 0 Å². The fraction of sp³-hybridized carbons (Fsp3) is 0.182. The van der Waals surface area contributed by atoms with E-state index in [0.717, 1.165) is 10.0 Å². The quantitative estimate of drug-likeness (QED) is 0.792. The molecule has 0 fully saturated rings. The number of aryl methyl sites for hydroxylation is 2. The molecule has 5 heteroatoms.